The second-order valence-corrected chi connectivity index (χ2v) is 4.55. The van der Waals surface area contributed by atoms with Crippen molar-refractivity contribution in [3.05, 3.63) is 71.7 Å². The van der Waals surface area contributed by atoms with Crippen molar-refractivity contribution in [2.45, 2.75) is 6.92 Å². The molecule has 2 N–H and O–H groups in total. The summed E-state index contributed by atoms with van der Waals surface area (Å²) in [7, 11) is 0. The van der Waals surface area contributed by atoms with Crippen LogP contribution in [0.1, 0.15) is 6.92 Å². The highest BCUT2D eigenvalue weighted by molar-refractivity contribution is 6.18. The molecule has 0 saturated heterocycles. The number of allylic oxidation sites excluding steroid dienone is 1. The Morgan fingerprint density at radius 2 is 1.77 bits per heavy atom. The third-order valence-electron chi connectivity index (χ3n) is 2.84. The number of carbonyl (C=O) groups excluding carboxylic acids is 1. The van der Waals surface area contributed by atoms with Gasteiger partial charge in [-0.25, -0.2) is 4.39 Å². The van der Waals surface area contributed by atoms with E-state index in [1.54, 1.807) is 24.3 Å². The number of benzene rings is 2. The summed E-state index contributed by atoms with van der Waals surface area (Å²) >= 11 is 0. The van der Waals surface area contributed by atoms with E-state index >= 15 is 0 Å². The van der Waals surface area contributed by atoms with Crippen molar-refractivity contribution in [3.63, 3.8) is 0 Å². The molecule has 0 aromatic heterocycles. The molecule has 2 aromatic carbocycles. The standard InChI is InChI=1S/C17H15FN2O2/c1-12(21)16(11-19-14-9-7-13(18)8-10-14)17(22)20-15-5-3-2-4-6-15/h2-11,21H,1H3,(H,20,22)/b16-12+,19-11?. The number of carbonyl (C=O) groups is 1. The Bertz CT molecular complexity index is 703. The summed E-state index contributed by atoms with van der Waals surface area (Å²) in [4.78, 5) is 16.2. The van der Waals surface area contributed by atoms with Crippen LogP contribution in [0.25, 0.3) is 0 Å². The number of aliphatic hydroxyl groups is 1. The minimum Gasteiger partial charge on any atom is -0.512 e. The normalized spacial score (nSPS) is 12.1. The molecule has 4 nitrogen and oxygen atoms in total. The zero-order valence-electron chi connectivity index (χ0n) is 12.0. The zero-order chi connectivity index (χ0) is 15.9. The summed E-state index contributed by atoms with van der Waals surface area (Å²) in [5.41, 5.74) is 1.13. The van der Waals surface area contributed by atoms with Gasteiger partial charge in [-0.3, -0.25) is 9.79 Å². The van der Waals surface area contributed by atoms with E-state index in [4.69, 9.17) is 0 Å². The molecular weight excluding hydrogens is 283 g/mol. The van der Waals surface area contributed by atoms with Crippen LogP contribution in [0.3, 0.4) is 0 Å². The average molecular weight is 298 g/mol. The molecule has 0 heterocycles. The van der Waals surface area contributed by atoms with E-state index in [-0.39, 0.29) is 17.1 Å². The van der Waals surface area contributed by atoms with E-state index in [9.17, 15) is 14.3 Å². The molecule has 0 spiro atoms. The molecule has 2 aromatic rings. The highest BCUT2D eigenvalue weighted by Crippen LogP contribution is 2.13. The molecule has 0 atom stereocenters. The fourth-order valence-electron chi connectivity index (χ4n) is 1.70. The Morgan fingerprint density at radius 1 is 1.14 bits per heavy atom. The van der Waals surface area contributed by atoms with Crippen molar-refractivity contribution >= 4 is 23.5 Å². The number of aliphatic imine (C=N–C) groups is 1. The first-order chi connectivity index (χ1) is 10.6. The molecule has 0 aliphatic carbocycles. The molecule has 0 saturated carbocycles. The van der Waals surface area contributed by atoms with Crippen LogP contribution < -0.4 is 5.32 Å². The minimum absolute atomic E-state index is 0.0354. The monoisotopic (exact) mass is 298 g/mol. The van der Waals surface area contributed by atoms with E-state index in [2.05, 4.69) is 10.3 Å². The third kappa shape index (κ3) is 4.28. The van der Waals surface area contributed by atoms with Gasteiger partial charge in [0.1, 0.15) is 11.6 Å². The molecule has 112 valence electrons. The van der Waals surface area contributed by atoms with Gasteiger partial charge in [0, 0.05) is 11.9 Å². The number of nitrogens with one attached hydrogen (secondary N) is 1. The van der Waals surface area contributed by atoms with Gasteiger partial charge >= 0.3 is 0 Å². The SMILES string of the molecule is C/C(O)=C(/C=Nc1ccc(F)cc1)C(=O)Nc1ccccc1. The minimum atomic E-state index is -0.475. The fourth-order valence-corrected chi connectivity index (χ4v) is 1.70. The average Bonchev–Trinajstić information content (AvgIpc) is 2.50. The van der Waals surface area contributed by atoms with Gasteiger partial charge in [0.25, 0.3) is 5.91 Å². The summed E-state index contributed by atoms with van der Waals surface area (Å²) < 4.78 is 12.8. The summed E-state index contributed by atoms with van der Waals surface area (Å²) in [6.45, 7) is 1.40. The maximum absolute atomic E-state index is 12.8. The molecule has 0 aliphatic rings. The molecular formula is C17H15FN2O2. The van der Waals surface area contributed by atoms with E-state index < -0.39 is 5.91 Å². The number of hydrogen-bond donors (Lipinski definition) is 2. The van der Waals surface area contributed by atoms with Crippen LogP contribution >= 0.6 is 0 Å². The van der Waals surface area contributed by atoms with E-state index in [0.29, 0.717) is 11.4 Å². The molecule has 2 rings (SSSR count). The Morgan fingerprint density at radius 3 is 2.36 bits per heavy atom. The Kier molecular flexibility index (Phi) is 5.03. The van der Waals surface area contributed by atoms with Gasteiger partial charge in [0.15, 0.2) is 0 Å². The van der Waals surface area contributed by atoms with Crippen LogP contribution in [0.2, 0.25) is 0 Å². The van der Waals surface area contributed by atoms with Crippen LogP contribution in [0, 0.1) is 5.82 Å². The van der Waals surface area contributed by atoms with Crippen LogP contribution in [0.5, 0.6) is 0 Å². The number of halogens is 1. The lowest BCUT2D eigenvalue weighted by atomic mass is 10.2. The summed E-state index contributed by atoms with van der Waals surface area (Å²) in [6.07, 6.45) is 1.25. The molecule has 0 fully saturated rings. The van der Waals surface area contributed by atoms with E-state index in [1.807, 2.05) is 6.07 Å². The lowest BCUT2D eigenvalue weighted by Gasteiger charge is -2.06. The molecule has 22 heavy (non-hydrogen) atoms. The number of aliphatic hydroxyl groups excluding tert-OH is 1. The van der Waals surface area contributed by atoms with Crippen LogP contribution in [0.15, 0.2) is 70.9 Å². The smallest absolute Gasteiger partial charge is 0.260 e. The molecule has 0 bridgehead atoms. The molecule has 0 unspecified atom stereocenters. The largest absolute Gasteiger partial charge is 0.512 e. The van der Waals surface area contributed by atoms with Gasteiger partial charge in [0.05, 0.1) is 11.3 Å². The number of anilines is 1. The first-order valence-electron chi connectivity index (χ1n) is 6.62. The number of hydrogen-bond acceptors (Lipinski definition) is 3. The Labute approximate surface area is 127 Å². The molecule has 0 aliphatic heterocycles. The maximum atomic E-state index is 12.8. The van der Waals surface area contributed by atoms with Gasteiger partial charge in [-0.15, -0.1) is 0 Å². The first-order valence-corrected chi connectivity index (χ1v) is 6.62. The molecule has 1 amide bonds. The number of para-hydroxylation sites is 1. The van der Waals surface area contributed by atoms with Crippen LogP contribution in [0.4, 0.5) is 15.8 Å². The van der Waals surface area contributed by atoms with Crippen molar-refractivity contribution in [1.29, 1.82) is 0 Å². The summed E-state index contributed by atoms with van der Waals surface area (Å²) in [5.74, 6) is -0.994. The van der Waals surface area contributed by atoms with Gasteiger partial charge < -0.3 is 10.4 Å². The number of nitrogens with zero attached hydrogens (tertiary/aromatic N) is 1. The first kappa shape index (κ1) is 15.4. The van der Waals surface area contributed by atoms with Crippen molar-refractivity contribution < 1.29 is 14.3 Å². The Balaban J connectivity index is 2.15. The van der Waals surface area contributed by atoms with E-state index in [0.717, 1.165) is 0 Å². The van der Waals surface area contributed by atoms with Gasteiger partial charge in [0.2, 0.25) is 0 Å². The second kappa shape index (κ2) is 7.17. The highest BCUT2D eigenvalue weighted by atomic mass is 19.1. The number of amides is 1. The maximum Gasteiger partial charge on any atom is 0.260 e. The highest BCUT2D eigenvalue weighted by Gasteiger charge is 2.11. The predicted molar refractivity (Wildman–Crippen MR) is 85.0 cm³/mol. The van der Waals surface area contributed by atoms with Gasteiger partial charge in [-0.2, -0.15) is 0 Å². The lowest BCUT2D eigenvalue weighted by molar-refractivity contribution is -0.112. The van der Waals surface area contributed by atoms with Crippen LogP contribution in [-0.2, 0) is 4.79 Å². The predicted octanol–water partition coefficient (Wildman–Crippen LogP) is 4.00. The quantitative estimate of drug-likeness (QED) is 0.509. The van der Waals surface area contributed by atoms with Crippen molar-refractivity contribution in [2.24, 2.45) is 4.99 Å². The van der Waals surface area contributed by atoms with Crippen molar-refractivity contribution in [1.82, 2.24) is 0 Å². The van der Waals surface area contributed by atoms with E-state index in [1.165, 1.54) is 37.4 Å². The van der Waals surface area contributed by atoms with Gasteiger partial charge in [-0.05, 0) is 43.3 Å². The van der Waals surface area contributed by atoms with Gasteiger partial charge in [-0.1, -0.05) is 18.2 Å². The Hall–Kier alpha value is -2.95. The summed E-state index contributed by atoms with van der Waals surface area (Å²) in [6, 6.07) is 14.4. The van der Waals surface area contributed by atoms with Crippen molar-refractivity contribution in [3.8, 4) is 0 Å². The second-order valence-electron chi connectivity index (χ2n) is 4.55. The fraction of sp³-hybridized carbons (Fsp3) is 0.0588. The molecule has 5 heteroatoms. The topological polar surface area (TPSA) is 61.7 Å². The van der Waals surface area contributed by atoms with Crippen LogP contribution in [-0.4, -0.2) is 17.2 Å². The zero-order valence-corrected chi connectivity index (χ0v) is 12.0. The third-order valence-corrected chi connectivity index (χ3v) is 2.84. The number of rotatable bonds is 4. The molecule has 0 radical (unpaired) electrons. The van der Waals surface area contributed by atoms with Crippen molar-refractivity contribution in [2.75, 3.05) is 5.32 Å². The summed E-state index contributed by atoms with van der Waals surface area (Å²) in [5, 5.41) is 12.3. The lowest BCUT2D eigenvalue weighted by Crippen LogP contribution is -2.16.